The van der Waals surface area contributed by atoms with Gasteiger partial charge in [0, 0.05) is 25.1 Å². The highest BCUT2D eigenvalue weighted by atomic mass is 32.2. The van der Waals surface area contributed by atoms with Gasteiger partial charge < -0.3 is 20.8 Å². The average molecular weight is 678 g/mol. The van der Waals surface area contributed by atoms with Crippen molar-refractivity contribution >= 4 is 38.4 Å². The zero-order valence-electron chi connectivity index (χ0n) is 27.2. The quantitative estimate of drug-likeness (QED) is 0.137. The third-order valence-electron chi connectivity index (χ3n) is 13.0. The average Bonchev–Trinajstić information content (AvgIpc) is 3.63. The van der Waals surface area contributed by atoms with E-state index in [9.17, 15) is 33.5 Å². The highest BCUT2D eigenvalue weighted by molar-refractivity contribution is 7.85. The minimum atomic E-state index is -4.14. The molecule has 2 aromatic rings. The fourth-order valence-electron chi connectivity index (χ4n) is 10.6. The van der Waals surface area contributed by atoms with E-state index in [1.54, 1.807) is 6.07 Å². The van der Waals surface area contributed by atoms with E-state index in [2.05, 4.69) is 41.7 Å². The molecule has 15 heteroatoms. The summed E-state index contributed by atoms with van der Waals surface area (Å²) in [6.07, 6.45) is 5.62. The number of hydrogen-bond acceptors (Lipinski definition) is 11. The standard InChI is InChI=1S/C32H47N5O9S/c1-17(4-9-27(40)33-12-13-47(43,44)45)20-5-6-21-28-22(16-26(39)32(20,21)3)31(2)11-10-19(14-18(31)15-25(28)38)34-23-7-8-24(37(41)42)30-29(23)35-46-36-30/h7-8,17-22,25-26,28,34,38-39H,4-6,9-16H2,1-3H3,(H,33,40)(H,43,44,45)/t17-,18+,19+,20-,21+,22+,25-,26+,28+,31+,32-/m1/s1. The summed E-state index contributed by atoms with van der Waals surface area (Å²) in [5.41, 5.74) is 0.495. The molecule has 5 N–H and O–H groups in total. The number of aromatic nitrogens is 2. The minimum Gasteiger partial charge on any atom is -0.393 e. The predicted octanol–water partition coefficient (Wildman–Crippen LogP) is 3.93. The van der Waals surface area contributed by atoms with E-state index in [4.69, 9.17) is 9.18 Å². The van der Waals surface area contributed by atoms with Crippen LogP contribution in [0.4, 0.5) is 11.4 Å². The number of carbonyl (C=O) groups is 1. The van der Waals surface area contributed by atoms with Gasteiger partial charge in [-0.25, -0.2) is 4.63 Å². The first kappa shape index (κ1) is 34.0. The number of amides is 1. The van der Waals surface area contributed by atoms with Gasteiger partial charge in [-0.15, -0.1) is 0 Å². The molecule has 0 bridgehead atoms. The molecular formula is C32H47N5O9S. The van der Waals surface area contributed by atoms with Gasteiger partial charge in [0.1, 0.15) is 0 Å². The maximum Gasteiger partial charge on any atom is 0.300 e. The first-order chi connectivity index (χ1) is 22.1. The number of aliphatic hydroxyl groups excluding tert-OH is 2. The fraction of sp³-hybridized carbons (Fsp3) is 0.781. The van der Waals surface area contributed by atoms with Gasteiger partial charge in [-0.05, 0) is 114 Å². The zero-order valence-corrected chi connectivity index (χ0v) is 28.0. The molecule has 14 nitrogen and oxygen atoms in total. The topological polar surface area (TPSA) is 218 Å². The highest BCUT2D eigenvalue weighted by Crippen LogP contribution is 2.68. The van der Waals surface area contributed by atoms with Gasteiger partial charge in [-0.1, -0.05) is 20.8 Å². The van der Waals surface area contributed by atoms with E-state index in [0.29, 0.717) is 30.5 Å². The molecule has 1 heterocycles. The number of nitro benzene ring substituents is 1. The van der Waals surface area contributed by atoms with E-state index in [-0.39, 0.29) is 82.5 Å². The third kappa shape index (κ3) is 6.12. The summed E-state index contributed by atoms with van der Waals surface area (Å²) >= 11 is 0. The molecule has 260 valence electrons. The number of nitrogens with one attached hydrogen (secondary N) is 2. The molecule has 4 aliphatic carbocycles. The summed E-state index contributed by atoms with van der Waals surface area (Å²) in [7, 11) is -4.14. The number of benzene rings is 1. The van der Waals surface area contributed by atoms with Crippen LogP contribution in [-0.2, 0) is 14.9 Å². The van der Waals surface area contributed by atoms with Crippen molar-refractivity contribution in [2.75, 3.05) is 17.6 Å². The van der Waals surface area contributed by atoms with Gasteiger partial charge in [-0.3, -0.25) is 19.5 Å². The first-order valence-corrected chi connectivity index (χ1v) is 18.5. The summed E-state index contributed by atoms with van der Waals surface area (Å²) in [5, 5.41) is 48.9. The Morgan fingerprint density at radius 1 is 1.13 bits per heavy atom. The lowest BCUT2D eigenvalue weighted by molar-refractivity contribution is -0.383. The molecule has 11 atom stereocenters. The lowest BCUT2D eigenvalue weighted by Gasteiger charge is -2.63. The van der Waals surface area contributed by atoms with Crippen LogP contribution in [0.2, 0.25) is 0 Å². The maximum absolute atomic E-state index is 12.4. The molecule has 4 aliphatic rings. The van der Waals surface area contributed by atoms with Crippen molar-refractivity contribution in [2.45, 2.75) is 96.8 Å². The number of aliphatic hydroxyl groups is 2. The van der Waals surface area contributed by atoms with E-state index >= 15 is 0 Å². The number of anilines is 1. The van der Waals surface area contributed by atoms with Crippen LogP contribution in [0.5, 0.6) is 0 Å². The summed E-state index contributed by atoms with van der Waals surface area (Å²) < 4.78 is 35.6. The molecule has 0 unspecified atom stereocenters. The van der Waals surface area contributed by atoms with Gasteiger partial charge in [-0.2, -0.15) is 8.42 Å². The maximum atomic E-state index is 12.4. The molecule has 1 amide bonds. The smallest absolute Gasteiger partial charge is 0.300 e. The van der Waals surface area contributed by atoms with Crippen LogP contribution >= 0.6 is 0 Å². The monoisotopic (exact) mass is 677 g/mol. The number of hydrogen-bond donors (Lipinski definition) is 5. The van der Waals surface area contributed by atoms with Crippen molar-refractivity contribution in [3.63, 3.8) is 0 Å². The van der Waals surface area contributed by atoms with Crippen LogP contribution in [-0.4, -0.2) is 74.9 Å². The summed E-state index contributed by atoms with van der Waals surface area (Å²) in [4.78, 5) is 23.3. The van der Waals surface area contributed by atoms with E-state index < -0.39 is 33.0 Å². The Morgan fingerprint density at radius 2 is 1.87 bits per heavy atom. The molecule has 0 aliphatic heterocycles. The number of non-ortho nitro benzene ring substituents is 1. The van der Waals surface area contributed by atoms with Crippen molar-refractivity contribution < 1.29 is 37.5 Å². The molecule has 4 saturated carbocycles. The Hall–Kier alpha value is -2.88. The molecular weight excluding hydrogens is 630 g/mol. The number of fused-ring (bicyclic) bond motifs is 6. The van der Waals surface area contributed by atoms with E-state index in [1.807, 2.05) is 0 Å². The number of nitrogens with zero attached hydrogens (tertiary/aromatic N) is 3. The molecule has 4 fully saturated rings. The van der Waals surface area contributed by atoms with E-state index in [1.165, 1.54) is 6.07 Å². The fourth-order valence-corrected chi connectivity index (χ4v) is 11.0. The lowest BCUT2D eigenvalue weighted by Crippen LogP contribution is -2.62. The molecule has 0 saturated heterocycles. The molecule has 0 radical (unpaired) electrons. The van der Waals surface area contributed by atoms with Crippen molar-refractivity contribution in [3.8, 4) is 0 Å². The van der Waals surface area contributed by atoms with Crippen LogP contribution in [0.3, 0.4) is 0 Å². The predicted molar refractivity (Wildman–Crippen MR) is 172 cm³/mol. The minimum absolute atomic E-state index is 0.0472. The largest absolute Gasteiger partial charge is 0.393 e. The Bertz CT molecular complexity index is 1620. The lowest BCUT2D eigenvalue weighted by atomic mass is 9.43. The normalized spacial score (nSPS) is 37.4. The van der Waals surface area contributed by atoms with Gasteiger partial charge in [0.25, 0.3) is 10.1 Å². The van der Waals surface area contributed by atoms with Crippen LogP contribution in [0.25, 0.3) is 11.0 Å². The first-order valence-electron chi connectivity index (χ1n) is 16.9. The van der Waals surface area contributed by atoms with Crippen molar-refractivity contribution in [1.82, 2.24) is 15.6 Å². The van der Waals surface area contributed by atoms with Crippen LogP contribution in [0.1, 0.15) is 78.6 Å². The SMILES string of the molecule is C[C@H](CCC(=O)NCCS(=O)(=O)O)[C@H]1CC[C@H]2[C@@H]3[C@H](O)C[C@@H]4C[C@@H](Nc5ccc([N+](=O)[O-])c6nonc56)CC[C@]4(C)[C@H]3C[C@H](O)[C@]12C. The third-order valence-corrected chi connectivity index (χ3v) is 13.7. The van der Waals surface area contributed by atoms with Crippen molar-refractivity contribution in [1.29, 1.82) is 0 Å². The second-order valence-electron chi connectivity index (χ2n) is 15.2. The van der Waals surface area contributed by atoms with Crippen LogP contribution in [0, 0.1) is 56.5 Å². The summed E-state index contributed by atoms with van der Waals surface area (Å²) in [6.45, 7) is 6.52. The van der Waals surface area contributed by atoms with Gasteiger partial charge in [0.2, 0.25) is 11.4 Å². The zero-order chi connectivity index (χ0) is 33.9. The Balaban J connectivity index is 1.12. The molecule has 1 aromatic carbocycles. The molecule has 6 rings (SSSR count). The highest BCUT2D eigenvalue weighted by Gasteiger charge is 2.65. The van der Waals surface area contributed by atoms with E-state index in [0.717, 1.165) is 32.1 Å². The Kier molecular flexibility index (Phi) is 9.07. The second-order valence-corrected chi connectivity index (χ2v) is 16.8. The summed E-state index contributed by atoms with van der Waals surface area (Å²) in [6, 6.07) is 3.14. The number of nitro groups is 1. The molecule has 0 spiro atoms. The van der Waals surface area contributed by atoms with Gasteiger partial charge in [0.05, 0.1) is 28.6 Å². The molecule has 47 heavy (non-hydrogen) atoms. The second kappa shape index (κ2) is 12.5. The Morgan fingerprint density at radius 3 is 2.60 bits per heavy atom. The van der Waals surface area contributed by atoms with Gasteiger partial charge >= 0.3 is 5.69 Å². The summed E-state index contributed by atoms with van der Waals surface area (Å²) in [5.74, 6) is 0.242. The van der Waals surface area contributed by atoms with Crippen molar-refractivity contribution in [3.05, 3.63) is 22.2 Å². The Labute approximate surface area is 274 Å². The van der Waals surface area contributed by atoms with Gasteiger partial charge in [0.15, 0.2) is 5.52 Å². The van der Waals surface area contributed by atoms with Crippen molar-refractivity contribution in [2.24, 2.45) is 46.3 Å². The number of rotatable bonds is 10. The number of carbonyl (C=O) groups excluding carboxylic acids is 1. The van der Waals surface area contributed by atoms with Crippen LogP contribution in [0.15, 0.2) is 16.8 Å². The molecule has 1 aromatic heterocycles. The van der Waals surface area contributed by atoms with Crippen LogP contribution < -0.4 is 10.6 Å².